The summed E-state index contributed by atoms with van der Waals surface area (Å²) in [6.07, 6.45) is 4.62. The summed E-state index contributed by atoms with van der Waals surface area (Å²) in [4.78, 5) is 25.0. The van der Waals surface area contributed by atoms with Gasteiger partial charge in [0.1, 0.15) is 0 Å². The quantitative estimate of drug-likeness (QED) is 0.876. The lowest BCUT2D eigenvalue weighted by atomic mass is 10.2. The third-order valence-corrected chi connectivity index (χ3v) is 3.57. The Hall–Kier alpha value is -2.04. The number of nitrogens with zero attached hydrogens (tertiary/aromatic N) is 1. The summed E-state index contributed by atoms with van der Waals surface area (Å²) < 4.78 is 0. The lowest BCUT2D eigenvalue weighted by molar-refractivity contribution is -0.129. The molecule has 1 fully saturated rings. The summed E-state index contributed by atoms with van der Waals surface area (Å²) in [5, 5.41) is 3.08. The molecule has 1 aromatic carbocycles. The van der Waals surface area contributed by atoms with E-state index in [0.717, 1.165) is 31.6 Å². The van der Waals surface area contributed by atoms with Crippen molar-refractivity contribution in [1.29, 1.82) is 0 Å². The van der Waals surface area contributed by atoms with E-state index in [4.69, 9.17) is 5.73 Å². The monoisotopic (exact) mass is 275 g/mol. The molecule has 0 aliphatic carbocycles. The van der Waals surface area contributed by atoms with Gasteiger partial charge in [-0.05, 0) is 37.1 Å². The van der Waals surface area contributed by atoms with Crippen LogP contribution in [0.4, 0.5) is 5.69 Å². The minimum absolute atomic E-state index is 0.130. The second-order valence-electron chi connectivity index (χ2n) is 5.09. The normalized spacial score (nSPS) is 15.5. The number of carbonyl (C=O) groups excluding carboxylic acids is 2. The fourth-order valence-electron chi connectivity index (χ4n) is 2.36. The second-order valence-corrected chi connectivity index (χ2v) is 5.09. The number of hydrogen-bond donors (Lipinski definition) is 2. The average molecular weight is 275 g/mol. The summed E-state index contributed by atoms with van der Waals surface area (Å²) in [7, 11) is 0. The first kappa shape index (κ1) is 14.4. The van der Waals surface area contributed by atoms with Crippen molar-refractivity contribution in [1.82, 2.24) is 4.90 Å². The van der Waals surface area contributed by atoms with Gasteiger partial charge in [0.05, 0.1) is 6.54 Å². The van der Waals surface area contributed by atoms with E-state index in [1.165, 1.54) is 12.8 Å². The first-order chi connectivity index (χ1) is 9.66. The number of primary amides is 1. The van der Waals surface area contributed by atoms with Crippen molar-refractivity contribution in [3.05, 3.63) is 29.8 Å². The number of rotatable bonds is 4. The van der Waals surface area contributed by atoms with Crippen molar-refractivity contribution >= 4 is 17.5 Å². The Bertz CT molecular complexity index is 463. The van der Waals surface area contributed by atoms with Crippen molar-refractivity contribution in [2.75, 3.05) is 25.0 Å². The smallest absolute Gasteiger partial charge is 0.248 e. The third kappa shape index (κ3) is 3.98. The Morgan fingerprint density at radius 2 is 1.65 bits per heavy atom. The van der Waals surface area contributed by atoms with Crippen molar-refractivity contribution in [3.63, 3.8) is 0 Å². The fraction of sp³-hybridized carbons (Fsp3) is 0.467. The zero-order valence-electron chi connectivity index (χ0n) is 11.6. The molecule has 0 bridgehead atoms. The van der Waals surface area contributed by atoms with Gasteiger partial charge < -0.3 is 16.0 Å². The molecule has 0 atom stereocenters. The standard InChI is InChI=1S/C15H21N3O2/c16-15(20)12-5-7-13(8-6-12)17-11-14(19)18-9-3-1-2-4-10-18/h5-8,17H,1-4,9-11H2,(H2,16,20). The molecule has 2 rings (SSSR count). The molecule has 1 aromatic rings. The molecule has 1 aliphatic heterocycles. The Morgan fingerprint density at radius 3 is 2.20 bits per heavy atom. The highest BCUT2D eigenvalue weighted by molar-refractivity contribution is 5.93. The molecule has 1 aliphatic rings. The SMILES string of the molecule is NC(=O)c1ccc(NCC(=O)N2CCCCCC2)cc1. The summed E-state index contributed by atoms with van der Waals surface area (Å²) in [5.41, 5.74) is 6.46. The molecule has 5 nitrogen and oxygen atoms in total. The molecule has 1 heterocycles. The maximum absolute atomic E-state index is 12.1. The topological polar surface area (TPSA) is 75.4 Å². The minimum Gasteiger partial charge on any atom is -0.376 e. The van der Waals surface area contributed by atoms with Gasteiger partial charge in [0.25, 0.3) is 0 Å². The van der Waals surface area contributed by atoms with Crippen LogP contribution in [0.2, 0.25) is 0 Å². The second kappa shape index (κ2) is 6.93. The van der Waals surface area contributed by atoms with Crippen molar-refractivity contribution in [2.24, 2.45) is 5.73 Å². The molecule has 20 heavy (non-hydrogen) atoms. The van der Waals surface area contributed by atoms with Crippen molar-refractivity contribution < 1.29 is 9.59 Å². The molecule has 3 N–H and O–H groups in total. The van der Waals surface area contributed by atoms with Crippen LogP contribution in [0.3, 0.4) is 0 Å². The van der Waals surface area contributed by atoms with Crippen LogP contribution in [0.15, 0.2) is 24.3 Å². The number of benzene rings is 1. The Morgan fingerprint density at radius 1 is 1.05 bits per heavy atom. The molecule has 108 valence electrons. The van der Waals surface area contributed by atoms with Gasteiger partial charge in [-0.1, -0.05) is 12.8 Å². The summed E-state index contributed by atoms with van der Waals surface area (Å²) >= 11 is 0. The van der Waals surface area contributed by atoms with Gasteiger partial charge in [-0.3, -0.25) is 9.59 Å². The first-order valence-electron chi connectivity index (χ1n) is 7.08. The first-order valence-corrected chi connectivity index (χ1v) is 7.08. The van der Waals surface area contributed by atoms with Crippen LogP contribution in [0, 0.1) is 0 Å². The summed E-state index contributed by atoms with van der Waals surface area (Å²) in [5.74, 6) is -0.317. The van der Waals surface area contributed by atoms with E-state index in [2.05, 4.69) is 5.32 Å². The molecule has 0 saturated carbocycles. The van der Waals surface area contributed by atoms with Crippen LogP contribution in [0.25, 0.3) is 0 Å². The zero-order chi connectivity index (χ0) is 14.4. The molecule has 0 radical (unpaired) electrons. The van der Waals surface area contributed by atoms with Gasteiger partial charge in [-0.25, -0.2) is 0 Å². The molecule has 2 amide bonds. The molecule has 1 saturated heterocycles. The Balaban J connectivity index is 1.84. The number of anilines is 1. The van der Waals surface area contributed by atoms with Gasteiger partial charge in [-0.2, -0.15) is 0 Å². The average Bonchev–Trinajstić information content (AvgIpc) is 2.74. The van der Waals surface area contributed by atoms with E-state index >= 15 is 0 Å². The largest absolute Gasteiger partial charge is 0.376 e. The van der Waals surface area contributed by atoms with Gasteiger partial charge in [0.15, 0.2) is 0 Å². The Labute approximate surface area is 119 Å². The minimum atomic E-state index is -0.447. The van der Waals surface area contributed by atoms with Crippen molar-refractivity contribution in [2.45, 2.75) is 25.7 Å². The van der Waals surface area contributed by atoms with Gasteiger partial charge in [0, 0.05) is 24.3 Å². The molecule has 0 aromatic heterocycles. The van der Waals surface area contributed by atoms with Crippen LogP contribution in [0.1, 0.15) is 36.0 Å². The van der Waals surface area contributed by atoms with Crippen LogP contribution >= 0.6 is 0 Å². The summed E-state index contributed by atoms with van der Waals surface area (Å²) in [6, 6.07) is 6.83. The van der Waals surface area contributed by atoms with Crippen LogP contribution in [-0.2, 0) is 4.79 Å². The predicted octanol–water partition coefficient (Wildman–Crippen LogP) is 1.60. The Kier molecular flexibility index (Phi) is 4.98. The van der Waals surface area contributed by atoms with E-state index in [9.17, 15) is 9.59 Å². The highest BCUT2D eigenvalue weighted by Crippen LogP contribution is 2.11. The maximum atomic E-state index is 12.1. The summed E-state index contributed by atoms with van der Waals surface area (Å²) in [6.45, 7) is 2.01. The number of carbonyl (C=O) groups is 2. The zero-order valence-corrected chi connectivity index (χ0v) is 11.6. The van der Waals surface area contributed by atoms with Gasteiger partial charge >= 0.3 is 0 Å². The van der Waals surface area contributed by atoms with E-state index in [-0.39, 0.29) is 12.5 Å². The lowest BCUT2D eigenvalue weighted by Gasteiger charge is -2.20. The highest BCUT2D eigenvalue weighted by Gasteiger charge is 2.14. The predicted molar refractivity (Wildman–Crippen MR) is 78.5 cm³/mol. The van der Waals surface area contributed by atoms with Crippen LogP contribution in [0.5, 0.6) is 0 Å². The number of nitrogens with two attached hydrogens (primary N) is 1. The molecule has 0 unspecified atom stereocenters. The van der Waals surface area contributed by atoms with Crippen LogP contribution < -0.4 is 11.1 Å². The lowest BCUT2D eigenvalue weighted by Crippen LogP contribution is -2.36. The molecular formula is C15H21N3O2. The third-order valence-electron chi connectivity index (χ3n) is 3.57. The number of amides is 2. The number of likely N-dealkylation sites (tertiary alicyclic amines) is 1. The molecule has 0 spiro atoms. The van der Waals surface area contributed by atoms with Crippen molar-refractivity contribution in [3.8, 4) is 0 Å². The van der Waals surface area contributed by atoms with E-state index in [1.54, 1.807) is 24.3 Å². The fourth-order valence-corrected chi connectivity index (χ4v) is 2.36. The number of hydrogen-bond acceptors (Lipinski definition) is 3. The van der Waals surface area contributed by atoms with E-state index in [0.29, 0.717) is 5.56 Å². The van der Waals surface area contributed by atoms with Gasteiger partial charge in [-0.15, -0.1) is 0 Å². The van der Waals surface area contributed by atoms with Crippen LogP contribution in [-0.4, -0.2) is 36.3 Å². The van der Waals surface area contributed by atoms with E-state index < -0.39 is 5.91 Å². The maximum Gasteiger partial charge on any atom is 0.248 e. The number of nitrogens with one attached hydrogen (secondary N) is 1. The van der Waals surface area contributed by atoms with Gasteiger partial charge in [0.2, 0.25) is 11.8 Å². The highest BCUT2D eigenvalue weighted by atomic mass is 16.2. The molecule has 5 heteroatoms. The molecular weight excluding hydrogens is 254 g/mol. The van der Waals surface area contributed by atoms with E-state index in [1.807, 2.05) is 4.90 Å².